The van der Waals surface area contributed by atoms with Crippen molar-refractivity contribution in [1.82, 2.24) is 14.8 Å². The molecule has 0 radical (unpaired) electrons. The zero-order valence-electron chi connectivity index (χ0n) is 16.7. The lowest BCUT2D eigenvalue weighted by Gasteiger charge is -2.07. The predicted octanol–water partition coefficient (Wildman–Crippen LogP) is 4.08. The summed E-state index contributed by atoms with van der Waals surface area (Å²) < 4.78 is 1.80. The number of halogens is 1. The number of hydrogen-bond acceptors (Lipinski definition) is 5. The number of nitrogens with one attached hydrogen (secondary N) is 2. The van der Waals surface area contributed by atoms with Gasteiger partial charge in [0.2, 0.25) is 11.8 Å². The van der Waals surface area contributed by atoms with E-state index in [1.54, 1.807) is 22.8 Å². The number of thioether (sulfide) groups is 1. The quantitative estimate of drug-likeness (QED) is 0.512. The summed E-state index contributed by atoms with van der Waals surface area (Å²) in [4.78, 5) is 24.3. The van der Waals surface area contributed by atoms with Crippen LogP contribution in [-0.2, 0) is 23.1 Å². The second-order valence-corrected chi connectivity index (χ2v) is 8.04. The number of nitrogens with zero attached hydrogens (tertiary/aromatic N) is 3. The van der Waals surface area contributed by atoms with Gasteiger partial charge < -0.3 is 15.2 Å². The fourth-order valence-corrected chi connectivity index (χ4v) is 3.57. The summed E-state index contributed by atoms with van der Waals surface area (Å²) in [5.41, 5.74) is 2.47. The second kappa shape index (κ2) is 10.3. The van der Waals surface area contributed by atoms with Crippen molar-refractivity contribution >= 4 is 46.6 Å². The van der Waals surface area contributed by atoms with Gasteiger partial charge in [-0.2, -0.15) is 0 Å². The first-order chi connectivity index (χ1) is 14.4. The molecule has 30 heavy (non-hydrogen) atoms. The average molecular weight is 444 g/mol. The molecular weight excluding hydrogens is 422 g/mol. The van der Waals surface area contributed by atoms with Crippen molar-refractivity contribution in [3.8, 4) is 0 Å². The molecule has 0 spiro atoms. The maximum absolute atomic E-state index is 12.2. The van der Waals surface area contributed by atoms with Crippen LogP contribution in [0.15, 0.2) is 53.7 Å². The number of carbonyl (C=O) groups excluding carboxylic acids is 2. The van der Waals surface area contributed by atoms with Crippen LogP contribution in [-0.4, -0.2) is 32.3 Å². The molecule has 1 heterocycles. The van der Waals surface area contributed by atoms with Crippen LogP contribution in [0.25, 0.3) is 0 Å². The van der Waals surface area contributed by atoms with E-state index in [1.807, 2.05) is 44.3 Å². The standard InChI is InChI=1S/C21H22ClN5O2S/c1-14-7-9-15(10-8-14)23-20(29)13-30-21-26-25-18(27(21)2)11-12-19(28)24-17-6-4-3-5-16(17)22/h3-10H,11-13H2,1-2H3,(H,23,29)(H,24,28). The number of anilines is 2. The van der Waals surface area contributed by atoms with E-state index in [0.29, 0.717) is 28.1 Å². The number of aryl methyl sites for hydroxylation is 2. The number of para-hydroxylation sites is 1. The number of hydrogen-bond donors (Lipinski definition) is 2. The number of rotatable bonds is 8. The molecule has 0 saturated heterocycles. The van der Waals surface area contributed by atoms with Crippen molar-refractivity contribution in [2.75, 3.05) is 16.4 Å². The number of benzene rings is 2. The molecule has 0 bridgehead atoms. The summed E-state index contributed by atoms with van der Waals surface area (Å²) in [5, 5.41) is 15.0. The minimum Gasteiger partial charge on any atom is -0.325 e. The van der Waals surface area contributed by atoms with Crippen LogP contribution in [0.1, 0.15) is 17.8 Å². The van der Waals surface area contributed by atoms with Crippen LogP contribution >= 0.6 is 23.4 Å². The molecule has 156 valence electrons. The van der Waals surface area contributed by atoms with E-state index in [9.17, 15) is 9.59 Å². The normalized spacial score (nSPS) is 10.6. The van der Waals surface area contributed by atoms with Gasteiger partial charge in [0.25, 0.3) is 0 Å². The summed E-state index contributed by atoms with van der Waals surface area (Å²) in [6, 6.07) is 14.7. The summed E-state index contributed by atoms with van der Waals surface area (Å²) >= 11 is 7.35. The van der Waals surface area contributed by atoms with Crippen LogP contribution in [0, 0.1) is 6.92 Å². The first-order valence-electron chi connectivity index (χ1n) is 9.34. The topological polar surface area (TPSA) is 88.9 Å². The molecule has 0 saturated carbocycles. The van der Waals surface area contributed by atoms with Crippen LogP contribution < -0.4 is 10.6 Å². The molecule has 0 fully saturated rings. The maximum atomic E-state index is 12.2. The highest BCUT2D eigenvalue weighted by Crippen LogP contribution is 2.21. The summed E-state index contributed by atoms with van der Waals surface area (Å²) in [6.45, 7) is 1.99. The minimum atomic E-state index is -0.155. The van der Waals surface area contributed by atoms with Crippen molar-refractivity contribution in [2.24, 2.45) is 7.05 Å². The third kappa shape index (κ3) is 6.08. The van der Waals surface area contributed by atoms with E-state index in [-0.39, 0.29) is 24.0 Å². The zero-order valence-corrected chi connectivity index (χ0v) is 18.3. The third-order valence-electron chi connectivity index (χ3n) is 4.32. The van der Waals surface area contributed by atoms with E-state index in [4.69, 9.17) is 11.6 Å². The van der Waals surface area contributed by atoms with E-state index in [1.165, 1.54) is 11.8 Å². The van der Waals surface area contributed by atoms with Gasteiger partial charge >= 0.3 is 0 Å². The fourth-order valence-electron chi connectivity index (χ4n) is 2.65. The molecule has 0 aliphatic carbocycles. The fraction of sp³-hybridized carbons (Fsp3) is 0.238. The van der Waals surface area contributed by atoms with Gasteiger partial charge in [-0.25, -0.2) is 0 Å². The van der Waals surface area contributed by atoms with Crippen molar-refractivity contribution in [3.63, 3.8) is 0 Å². The molecule has 2 amide bonds. The molecule has 2 N–H and O–H groups in total. The Labute approximate surface area is 184 Å². The van der Waals surface area contributed by atoms with E-state index >= 15 is 0 Å². The van der Waals surface area contributed by atoms with Gasteiger partial charge in [-0.05, 0) is 31.2 Å². The molecule has 0 aliphatic rings. The molecule has 0 aliphatic heterocycles. The molecule has 2 aromatic carbocycles. The molecule has 0 atom stereocenters. The highest BCUT2D eigenvalue weighted by molar-refractivity contribution is 7.99. The molecule has 7 nitrogen and oxygen atoms in total. The molecule has 9 heteroatoms. The molecule has 0 unspecified atom stereocenters. The monoisotopic (exact) mass is 443 g/mol. The highest BCUT2D eigenvalue weighted by Gasteiger charge is 2.13. The predicted molar refractivity (Wildman–Crippen MR) is 120 cm³/mol. The molecule has 1 aromatic heterocycles. The van der Waals surface area contributed by atoms with Gasteiger partial charge in [0.1, 0.15) is 5.82 Å². The minimum absolute atomic E-state index is 0.118. The smallest absolute Gasteiger partial charge is 0.234 e. The Hall–Kier alpha value is -2.84. The highest BCUT2D eigenvalue weighted by atomic mass is 35.5. The maximum Gasteiger partial charge on any atom is 0.234 e. The lowest BCUT2D eigenvalue weighted by atomic mass is 10.2. The van der Waals surface area contributed by atoms with Crippen LogP contribution in [0.4, 0.5) is 11.4 Å². The molecule has 3 aromatic rings. The van der Waals surface area contributed by atoms with Crippen molar-refractivity contribution in [2.45, 2.75) is 24.9 Å². The van der Waals surface area contributed by atoms with Gasteiger partial charge in [0.15, 0.2) is 5.16 Å². The van der Waals surface area contributed by atoms with E-state index in [2.05, 4.69) is 20.8 Å². The number of amides is 2. The lowest BCUT2D eigenvalue weighted by molar-refractivity contribution is -0.116. The SMILES string of the molecule is Cc1ccc(NC(=O)CSc2nnc(CCC(=O)Nc3ccccc3Cl)n2C)cc1. The van der Waals surface area contributed by atoms with E-state index < -0.39 is 0 Å². The Bertz CT molecular complexity index is 1040. The summed E-state index contributed by atoms with van der Waals surface area (Å²) in [6.07, 6.45) is 0.672. The van der Waals surface area contributed by atoms with E-state index in [0.717, 1.165) is 11.3 Å². The van der Waals surface area contributed by atoms with Gasteiger partial charge in [-0.3, -0.25) is 9.59 Å². The Balaban J connectivity index is 1.48. The Morgan fingerprint density at radius 3 is 2.50 bits per heavy atom. The van der Waals surface area contributed by atoms with Crippen molar-refractivity contribution < 1.29 is 9.59 Å². The van der Waals surface area contributed by atoms with Crippen molar-refractivity contribution in [1.29, 1.82) is 0 Å². The molecule has 3 rings (SSSR count). The Morgan fingerprint density at radius 2 is 1.77 bits per heavy atom. The average Bonchev–Trinajstić information content (AvgIpc) is 3.08. The van der Waals surface area contributed by atoms with Crippen LogP contribution in [0.3, 0.4) is 0 Å². The third-order valence-corrected chi connectivity index (χ3v) is 5.67. The first kappa shape index (κ1) is 21.9. The number of aromatic nitrogens is 3. The van der Waals surface area contributed by atoms with Gasteiger partial charge in [0, 0.05) is 25.6 Å². The number of carbonyl (C=O) groups is 2. The van der Waals surface area contributed by atoms with Crippen molar-refractivity contribution in [3.05, 3.63) is 64.9 Å². The molecular formula is C21H22ClN5O2S. The summed E-state index contributed by atoms with van der Waals surface area (Å²) in [5.74, 6) is 0.614. The van der Waals surface area contributed by atoms with Gasteiger partial charge in [-0.1, -0.05) is 53.2 Å². The summed E-state index contributed by atoms with van der Waals surface area (Å²) in [7, 11) is 1.82. The largest absolute Gasteiger partial charge is 0.325 e. The zero-order chi connectivity index (χ0) is 21.5. The second-order valence-electron chi connectivity index (χ2n) is 6.69. The van der Waals surface area contributed by atoms with Gasteiger partial charge in [0.05, 0.1) is 16.5 Å². The first-order valence-corrected chi connectivity index (χ1v) is 10.7. The Kier molecular flexibility index (Phi) is 7.48. The van der Waals surface area contributed by atoms with Gasteiger partial charge in [-0.15, -0.1) is 10.2 Å². The Morgan fingerprint density at radius 1 is 1.03 bits per heavy atom. The lowest BCUT2D eigenvalue weighted by Crippen LogP contribution is -2.15. The van der Waals surface area contributed by atoms with Crippen LogP contribution in [0.5, 0.6) is 0 Å². The van der Waals surface area contributed by atoms with Crippen LogP contribution in [0.2, 0.25) is 5.02 Å².